The second kappa shape index (κ2) is 7.09. The summed E-state index contributed by atoms with van der Waals surface area (Å²) in [4.78, 5) is 28.1. The van der Waals surface area contributed by atoms with E-state index in [2.05, 4.69) is 0 Å². The van der Waals surface area contributed by atoms with E-state index in [9.17, 15) is 9.59 Å². The van der Waals surface area contributed by atoms with Crippen LogP contribution in [0.15, 0.2) is 47.1 Å². The Bertz CT molecular complexity index is 730. The minimum atomic E-state index is -0.309. The van der Waals surface area contributed by atoms with Crippen LogP contribution in [0.4, 0.5) is 0 Å². The fourth-order valence-corrected chi connectivity index (χ4v) is 3.19. The van der Waals surface area contributed by atoms with Gasteiger partial charge in [-0.2, -0.15) is 0 Å². The minimum Gasteiger partial charge on any atom is -0.467 e. The molecular weight excluding hydrogens is 328 g/mol. The summed E-state index contributed by atoms with van der Waals surface area (Å²) in [5.74, 6) is 0.381. The summed E-state index contributed by atoms with van der Waals surface area (Å²) in [6, 6.07) is 11.0. The van der Waals surface area contributed by atoms with Crippen LogP contribution in [0.5, 0.6) is 0 Å². The number of likely N-dealkylation sites (tertiary alicyclic amines) is 1. The van der Waals surface area contributed by atoms with Crippen molar-refractivity contribution >= 4 is 23.4 Å². The van der Waals surface area contributed by atoms with E-state index in [1.165, 1.54) is 0 Å². The third kappa shape index (κ3) is 3.79. The highest BCUT2D eigenvalue weighted by atomic mass is 35.5. The highest BCUT2D eigenvalue weighted by Gasteiger charge is 2.35. The van der Waals surface area contributed by atoms with Gasteiger partial charge in [0.15, 0.2) is 0 Å². The van der Waals surface area contributed by atoms with Gasteiger partial charge in [0.1, 0.15) is 5.76 Å². The monoisotopic (exact) mass is 346 g/mol. The normalized spacial score (nSPS) is 17.3. The van der Waals surface area contributed by atoms with Crippen molar-refractivity contribution in [1.29, 1.82) is 0 Å². The van der Waals surface area contributed by atoms with Crippen LogP contribution in [0.3, 0.4) is 0 Å². The van der Waals surface area contributed by atoms with E-state index in [-0.39, 0.29) is 24.2 Å². The molecule has 1 aliphatic rings. The number of furan rings is 1. The van der Waals surface area contributed by atoms with E-state index in [1.807, 2.05) is 24.3 Å². The van der Waals surface area contributed by atoms with E-state index in [4.69, 9.17) is 16.0 Å². The standard InChI is InChI=1S/C18H19ClN2O3/c1-20(10-13-4-2-5-15(19)8-13)18(23)14-9-17(22)21(11-14)12-16-6-3-7-24-16/h2-8,14H,9-12H2,1H3. The van der Waals surface area contributed by atoms with Gasteiger partial charge in [-0.1, -0.05) is 23.7 Å². The summed E-state index contributed by atoms with van der Waals surface area (Å²) < 4.78 is 5.28. The molecule has 126 valence electrons. The summed E-state index contributed by atoms with van der Waals surface area (Å²) >= 11 is 5.98. The van der Waals surface area contributed by atoms with Crippen LogP contribution in [-0.2, 0) is 22.7 Å². The smallest absolute Gasteiger partial charge is 0.228 e. The first kappa shape index (κ1) is 16.6. The van der Waals surface area contributed by atoms with Crippen molar-refractivity contribution in [2.75, 3.05) is 13.6 Å². The van der Waals surface area contributed by atoms with Gasteiger partial charge in [0.25, 0.3) is 0 Å². The van der Waals surface area contributed by atoms with Crippen LogP contribution in [0.2, 0.25) is 5.02 Å². The number of amides is 2. The van der Waals surface area contributed by atoms with E-state index >= 15 is 0 Å². The number of nitrogens with zero attached hydrogens (tertiary/aromatic N) is 2. The summed E-state index contributed by atoms with van der Waals surface area (Å²) in [7, 11) is 1.75. The zero-order chi connectivity index (χ0) is 17.1. The lowest BCUT2D eigenvalue weighted by Crippen LogP contribution is -2.34. The zero-order valence-electron chi connectivity index (χ0n) is 13.4. The molecule has 1 saturated heterocycles. The largest absolute Gasteiger partial charge is 0.467 e. The Labute approximate surface area is 145 Å². The van der Waals surface area contributed by atoms with Crippen molar-refractivity contribution in [1.82, 2.24) is 9.80 Å². The van der Waals surface area contributed by atoms with Crippen molar-refractivity contribution < 1.29 is 14.0 Å². The molecule has 1 unspecified atom stereocenters. The molecule has 24 heavy (non-hydrogen) atoms. The highest BCUT2D eigenvalue weighted by Crippen LogP contribution is 2.23. The molecule has 3 rings (SSSR count). The van der Waals surface area contributed by atoms with Crippen LogP contribution < -0.4 is 0 Å². The van der Waals surface area contributed by atoms with Crippen molar-refractivity contribution in [3.8, 4) is 0 Å². The maximum atomic E-state index is 12.6. The average Bonchev–Trinajstić information content (AvgIpc) is 3.17. The molecule has 1 aliphatic heterocycles. The molecule has 5 nitrogen and oxygen atoms in total. The molecule has 6 heteroatoms. The van der Waals surface area contributed by atoms with Crippen LogP contribution in [0.25, 0.3) is 0 Å². The molecule has 0 aliphatic carbocycles. The first-order chi connectivity index (χ1) is 11.5. The molecule has 2 amide bonds. The summed E-state index contributed by atoms with van der Waals surface area (Å²) in [5.41, 5.74) is 0.968. The molecule has 0 radical (unpaired) electrons. The third-order valence-electron chi connectivity index (χ3n) is 4.18. The van der Waals surface area contributed by atoms with Crippen LogP contribution >= 0.6 is 11.6 Å². The summed E-state index contributed by atoms with van der Waals surface area (Å²) in [5, 5.41) is 0.647. The van der Waals surface area contributed by atoms with E-state index in [1.54, 1.807) is 35.2 Å². The topological polar surface area (TPSA) is 53.8 Å². The number of halogens is 1. The Morgan fingerprint density at radius 3 is 2.92 bits per heavy atom. The van der Waals surface area contributed by atoms with Crippen molar-refractivity contribution in [3.05, 3.63) is 59.0 Å². The lowest BCUT2D eigenvalue weighted by molar-refractivity contribution is -0.135. The van der Waals surface area contributed by atoms with Gasteiger partial charge < -0.3 is 14.2 Å². The maximum Gasteiger partial charge on any atom is 0.228 e. The highest BCUT2D eigenvalue weighted by molar-refractivity contribution is 6.30. The third-order valence-corrected chi connectivity index (χ3v) is 4.41. The molecule has 1 fully saturated rings. The van der Waals surface area contributed by atoms with Gasteiger partial charge in [-0.3, -0.25) is 9.59 Å². The van der Waals surface area contributed by atoms with Gasteiger partial charge in [0.2, 0.25) is 11.8 Å². The lowest BCUT2D eigenvalue weighted by Gasteiger charge is -2.21. The minimum absolute atomic E-state index is 0.0131. The molecular formula is C18H19ClN2O3. The molecule has 1 aromatic heterocycles. The molecule has 0 saturated carbocycles. The van der Waals surface area contributed by atoms with Crippen LogP contribution in [-0.4, -0.2) is 35.2 Å². The van der Waals surface area contributed by atoms with Crippen LogP contribution in [0, 0.1) is 5.92 Å². The number of benzene rings is 1. The van der Waals surface area contributed by atoms with Gasteiger partial charge in [-0.05, 0) is 29.8 Å². The zero-order valence-corrected chi connectivity index (χ0v) is 14.2. The SMILES string of the molecule is CN(Cc1cccc(Cl)c1)C(=O)C1CC(=O)N(Cc2ccco2)C1. The van der Waals surface area contributed by atoms with Gasteiger partial charge in [-0.25, -0.2) is 0 Å². The molecule has 1 atom stereocenters. The predicted molar refractivity (Wildman–Crippen MR) is 90.2 cm³/mol. The van der Waals surface area contributed by atoms with Gasteiger partial charge in [-0.15, -0.1) is 0 Å². The van der Waals surface area contributed by atoms with Crippen molar-refractivity contribution in [3.63, 3.8) is 0 Å². The quantitative estimate of drug-likeness (QED) is 0.836. The Morgan fingerprint density at radius 1 is 1.38 bits per heavy atom. The Morgan fingerprint density at radius 2 is 2.21 bits per heavy atom. The lowest BCUT2D eigenvalue weighted by atomic mass is 10.1. The number of rotatable bonds is 5. The number of carbonyl (C=O) groups is 2. The number of hydrogen-bond acceptors (Lipinski definition) is 3. The fourth-order valence-electron chi connectivity index (χ4n) is 2.98. The molecule has 0 bridgehead atoms. The predicted octanol–water partition coefficient (Wildman–Crippen LogP) is 2.94. The second-order valence-electron chi connectivity index (χ2n) is 6.08. The fraction of sp³-hybridized carbons (Fsp3) is 0.333. The first-order valence-corrected chi connectivity index (χ1v) is 8.20. The van der Waals surface area contributed by atoms with Crippen molar-refractivity contribution in [2.45, 2.75) is 19.5 Å². The van der Waals surface area contributed by atoms with E-state index < -0.39 is 0 Å². The van der Waals surface area contributed by atoms with E-state index in [0.29, 0.717) is 24.7 Å². The summed E-state index contributed by atoms with van der Waals surface area (Å²) in [6.45, 7) is 1.31. The second-order valence-corrected chi connectivity index (χ2v) is 6.52. The van der Waals surface area contributed by atoms with Crippen molar-refractivity contribution in [2.24, 2.45) is 5.92 Å². The molecule has 0 spiro atoms. The number of hydrogen-bond donors (Lipinski definition) is 0. The molecule has 0 N–H and O–H groups in total. The van der Waals surface area contributed by atoms with E-state index in [0.717, 1.165) is 11.3 Å². The first-order valence-electron chi connectivity index (χ1n) is 7.82. The maximum absolute atomic E-state index is 12.6. The Balaban J connectivity index is 1.59. The van der Waals surface area contributed by atoms with Gasteiger partial charge in [0, 0.05) is 31.6 Å². The Kier molecular flexibility index (Phi) is 4.90. The van der Waals surface area contributed by atoms with Gasteiger partial charge in [0.05, 0.1) is 18.7 Å². The van der Waals surface area contributed by atoms with Gasteiger partial charge >= 0.3 is 0 Å². The average molecular weight is 347 g/mol. The Hall–Kier alpha value is -2.27. The molecule has 2 aromatic rings. The summed E-state index contributed by atoms with van der Waals surface area (Å²) in [6.07, 6.45) is 1.83. The van der Waals surface area contributed by atoms with Crippen LogP contribution in [0.1, 0.15) is 17.7 Å². The number of carbonyl (C=O) groups excluding carboxylic acids is 2. The molecule has 2 heterocycles. The molecule has 1 aromatic carbocycles.